The molecule has 1 aromatic carbocycles. The van der Waals surface area contributed by atoms with Gasteiger partial charge in [-0.05, 0) is 24.1 Å². The zero-order valence-electron chi connectivity index (χ0n) is 14.5. The number of urea groups is 1. The lowest BCUT2D eigenvalue weighted by atomic mass is 10.2. The number of benzene rings is 1. The molecule has 3 rings (SSSR count). The standard InChI is InChI=1S/C17H23N5O3/c1-24-12-14-10-22(20-19-14)15-7-8-21(11-15)17(23)18-9-13-3-5-16(25-2)6-4-13/h3-6,10,15H,7-9,11-12H2,1-2H3,(H,18,23). The number of hydrogen-bond donors (Lipinski definition) is 1. The van der Waals surface area contributed by atoms with E-state index in [4.69, 9.17) is 9.47 Å². The predicted molar refractivity (Wildman–Crippen MR) is 91.2 cm³/mol. The van der Waals surface area contributed by atoms with E-state index in [2.05, 4.69) is 15.6 Å². The van der Waals surface area contributed by atoms with Gasteiger partial charge in [-0.25, -0.2) is 9.48 Å². The molecular formula is C17H23N5O3. The van der Waals surface area contributed by atoms with E-state index in [-0.39, 0.29) is 12.1 Å². The summed E-state index contributed by atoms with van der Waals surface area (Å²) >= 11 is 0. The number of ether oxygens (including phenoxy) is 2. The lowest BCUT2D eigenvalue weighted by molar-refractivity contribution is 0.181. The molecule has 1 N–H and O–H groups in total. The minimum Gasteiger partial charge on any atom is -0.497 e. The number of methoxy groups -OCH3 is 2. The number of nitrogens with zero attached hydrogens (tertiary/aromatic N) is 4. The molecule has 8 nitrogen and oxygen atoms in total. The number of carbonyl (C=O) groups is 1. The second kappa shape index (κ2) is 7.98. The molecule has 1 aliphatic heterocycles. The van der Waals surface area contributed by atoms with Gasteiger partial charge in [0.2, 0.25) is 0 Å². The maximum atomic E-state index is 12.4. The molecule has 134 valence electrons. The molecule has 1 unspecified atom stereocenters. The molecule has 0 aliphatic carbocycles. The van der Waals surface area contributed by atoms with Crippen molar-refractivity contribution < 1.29 is 14.3 Å². The van der Waals surface area contributed by atoms with Gasteiger partial charge >= 0.3 is 6.03 Å². The summed E-state index contributed by atoms with van der Waals surface area (Å²) in [6, 6.07) is 7.75. The van der Waals surface area contributed by atoms with E-state index < -0.39 is 0 Å². The highest BCUT2D eigenvalue weighted by atomic mass is 16.5. The van der Waals surface area contributed by atoms with Crippen LogP contribution in [0.5, 0.6) is 5.75 Å². The molecule has 0 spiro atoms. The topological polar surface area (TPSA) is 81.5 Å². The highest BCUT2D eigenvalue weighted by Crippen LogP contribution is 2.21. The van der Waals surface area contributed by atoms with Crippen molar-refractivity contribution in [1.82, 2.24) is 25.2 Å². The molecule has 0 bridgehead atoms. The summed E-state index contributed by atoms with van der Waals surface area (Å²) in [6.07, 6.45) is 2.75. The second-order valence-corrected chi connectivity index (χ2v) is 6.02. The molecule has 2 aromatic rings. The molecular weight excluding hydrogens is 322 g/mol. The minimum absolute atomic E-state index is 0.0597. The first-order chi connectivity index (χ1) is 12.2. The Morgan fingerprint density at radius 1 is 1.32 bits per heavy atom. The van der Waals surface area contributed by atoms with Gasteiger partial charge in [0.1, 0.15) is 11.4 Å². The predicted octanol–water partition coefficient (Wildman–Crippen LogP) is 1.59. The number of likely N-dealkylation sites (tertiary alicyclic amines) is 1. The number of nitrogens with one attached hydrogen (secondary N) is 1. The van der Waals surface area contributed by atoms with E-state index in [9.17, 15) is 4.79 Å². The van der Waals surface area contributed by atoms with Crippen molar-refractivity contribution in [2.75, 3.05) is 27.3 Å². The summed E-state index contributed by atoms with van der Waals surface area (Å²) in [5.74, 6) is 0.804. The van der Waals surface area contributed by atoms with E-state index in [0.717, 1.165) is 23.4 Å². The van der Waals surface area contributed by atoms with Crippen molar-refractivity contribution >= 4 is 6.03 Å². The summed E-state index contributed by atoms with van der Waals surface area (Å²) in [7, 11) is 3.26. The Labute approximate surface area is 146 Å². The highest BCUT2D eigenvalue weighted by molar-refractivity contribution is 5.74. The van der Waals surface area contributed by atoms with Crippen LogP contribution in [0.2, 0.25) is 0 Å². The van der Waals surface area contributed by atoms with E-state index in [1.807, 2.05) is 40.0 Å². The molecule has 1 fully saturated rings. The Morgan fingerprint density at radius 3 is 2.84 bits per heavy atom. The summed E-state index contributed by atoms with van der Waals surface area (Å²) in [5, 5.41) is 11.2. The SMILES string of the molecule is COCc1cn(C2CCN(C(=O)NCc3ccc(OC)cc3)C2)nn1. The second-order valence-electron chi connectivity index (χ2n) is 6.02. The van der Waals surface area contributed by atoms with Crippen molar-refractivity contribution in [3.8, 4) is 5.75 Å². The van der Waals surface area contributed by atoms with Crippen LogP contribution in [0.25, 0.3) is 0 Å². The van der Waals surface area contributed by atoms with Crippen LogP contribution >= 0.6 is 0 Å². The van der Waals surface area contributed by atoms with Gasteiger partial charge in [0.15, 0.2) is 0 Å². The normalized spacial score (nSPS) is 16.9. The molecule has 1 aliphatic rings. The van der Waals surface area contributed by atoms with Crippen LogP contribution in [0.4, 0.5) is 4.79 Å². The van der Waals surface area contributed by atoms with Crippen LogP contribution in [0.3, 0.4) is 0 Å². The van der Waals surface area contributed by atoms with Gasteiger partial charge in [0.25, 0.3) is 0 Å². The molecule has 25 heavy (non-hydrogen) atoms. The van der Waals surface area contributed by atoms with Crippen LogP contribution in [0, 0.1) is 0 Å². The number of amides is 2. The van der Waals surface area contributed by atoms with E-state index >= 15 is 0 Å². The molecule has 8 heteroatoms. The Kier molecular flexibility index (Phi) is 5.49. The van der Waals surface area contributed by atoms with Gasteiger partial charge < -0.3 is 19.7 Å². The third-order valence-corrected chi connectivity index (χ3v) is 4.28. The van der Waals surface area contributed by atoms with Gasteiger partial charge in [0.05, 0.1) is 26.0 Å². The third-order valence-electron chi connectivity index (χ3n) is 4.28. The van der Waals surface area contributed by atoms with Gasteiger partial charge in [-0.3, -0.25) is 0 Å². The summed E-state index contributed by atoms with van der Waals surface area (Å²) < 4.78 is 12.0. The maximum absolute atomic E-state index is 12.4. The Bertz CT molecular complexity index is 701. The van der Waals surface area contributed by atoms with Gasteiger partial charge in [-0.1, -0.05) is 17.3 Å². The average Bonchev–Trinajstić information content (AvgIpc) is 3.30. The fourth-order valence-corrected chi connectivity index (χ4v) is 2.88. The lowest BCUT2D eigenvalue weighted by Gasteiger charge is -2.17. The monoisotopic (exact) mass is 345 g/mol. The van der Waals surface area contributed by atoms with Gasteiger partial charge in [-0.2, -0.15) is 0 Å². The smallest absolute Gasteiger partial charge is 0.317 e. The number of aromatic nitrogens is 3. The molecule has 0 saturated carbocycles. The van der Waals surface area contributed by atoms with Crippen molar-refractivity contribution in [3.05, 3.63) is 41.7 Å². The third kappa shape index (κ3) is 4.27. The largest absolute Gasteiger partial charge is 0.497 e. The number of hydrogen-bond acceptors (Lipinski definition) is 5. The summed E-state index contributed by atoms with van der Waals surface area (Å²) in [6.45, 7) is 2.27. The van der Waals surface area contributed by atoms with E-state index in [1.165, 1.54) is 0 Å². The number of rotatable bonds is 6. The summed E-state index contributed by atoms with van der Waals surface area (Å²) in [4.78, 5) is 14.2. The van der Waals surface area contributed by atoms with Crippen LogP contribution in [0.15, 0.2) is 30.5 Å². The molecule has 0 radical (unpaired) electrons. The quantitative estimate of drug-likeness (QED) is 0.860. The molecule has 2 heterocycles. The molecule has 1 atom stereocenters. The first kappa shape index (κ1) is 17.2. The van der Waals surface area contributed by atoms with Crippen molar-refractivity contribution in [2.45, 2.75) is 25.6 Å². The Hall–Kier alpha value is -2.61. The van der Waals surface area contributed by atoms with Crippen LogP contribution in [-0.4, -0.2) is 53.2 Å². The van der Waals surface area contributed by atoms with Crippen molar-refractivity contribution in [3.63, 3.8) is 0 Å². The van der Waals surface area contributed by atoms with Crippen molar-refractivity contribution in [2.24, 2.45) is 0 Å². The zero-order valence-corrected chi connectivity index (χ0v) is 14.5. The maximum Gasteiger partial charge on any atom is 0.317 e. The van der Waals surface area contributed by atoms with Crippen LogP contribution in [0.1, 0.15) is 23.7 Å². The van der Waals surface area contributed by atoms with Crippen molar-refractivity contribution in [1.29, 1.82) is 0 Å². The fraction of sp³-hybridized carbons (Fsp3) is 0.471. The zero-order chi connectivity index (χ0) is 17.6. The van der Waals surface area contributed by atoms with Gasteiger partial charge in [-0.15, -0.1) is 5.10 Å². The Morgan fingerprint density at radius 2 is 2.12 bits per heavy atom. The van der Waals surface area contributed by atoms with Crippen LogP contribution in [-0.2, 0) is 17.9 Å². The molecule has 1 aromatic heterocycles. The fourth-order valence-electron chi connectivity index (χ4n) is 2.88. The highest BCUT2D eigenvalue weighted by Gasteiger charge is 2.28. The van der Waals surface area contributed by atoms with E-state index in [1.54, 1.807) is 14.2 Å². The lowest BCUT2D eigenvalue weighted by Crippen LogP contribution is -2.38. The average molecular weight is 345 g/mol. The van der Waals surface area contributed by atoms with Crippen LogP contribution < -0.4 is 10.1 Å². The first-order valence-electron chi connectivity index (χ1n) is 8.25. The first-order valence-corrected chi connectivity index (χ1v) is 8.25. The Balaban J connectivity index is 1.49. The van der Waals surface area contributed by atoms with Gasteiger partial charge in [0, 0.05) is 26.7 Å². The minimum atomic E-state index is -0.0597. The molecule has 2 amide bonds. The summed E-state index contributed by atoms with van der Waals surface area (Å²) in [5.41, 5.74) is 1.83. The molecule has 1 saturated heterocycles. The van der Waals surface area contributed by atoms with E-state index in [0.29, 0.717) is 26.2 Å². The number of carbonyl (C=O) groups excluding carboxylic acids is 1.